The van der Waals surface area contributed by atoms with E-state index >= 15 is 0 Å². The van der Waals surface area contributed by atoms with Gasteiger partial charge in [-0.25, -0.2) is 4.98 Å². The van der Waals surface area contributed by atoms with E-state index in [1.807, 2.05) is 48.0 Å². The molecule has 160 valence electrons. The lowest BCUT2D eigenvalue weighted by Crippen LogP contribution is -2.24. The molecule has 8 nitrogen and oxygen atoms in total. The highest BCUT2D eigenvalue weighted by atomic mass is 16.3. The Bertz CT molecular complexity index is 1150. The van der Waals surface area contributed by atoms with Crippen LogP contribution in [0.25, 0.3) is 22.3 Å². The normalized spacial score (nSPS) is 12.3. The fourth-order valence-corrected chi connectivity index (χ4v) is 3.35. The number of imidazole rings is 1. The SMILES string of the molecule is CC[C@H](CO)Nc1nc(Nc2cccc(-c3cccnc3)c2)c2ncn(C(C)C)c2n1. The number of nitrogens with one attached hydrogen (secondary N) is 2. The molecule has 8 heteroatoms. The number of fused-ring (bicyclic) bond motifs is 1. The molecule has 0 aliphatic rings. The van der Waals surface area contributed by atoms with Gasteiger partial charge in [-0.1, -0.05) is 25.1 Å². The van der Waals surface area contributed by atoms with Crippen LogP contribution in [0.2, 0.25) is 0 Å². The van der Waals surface area contributed by atoms with Gasteiger partial charge in [-0.05, 0) is 44.0 Å². The molecule has 3 aromatic heterocycles. The summed E-state index contributed by atoms with van der Waals surface area (Å²) >= 11 is 0. The van der Waals surface area contributed by atoms with Crippen LogP contribution >= 0.6 is 0 Å². The minimum absolute atomic E-state index is 0.0112. The van der Waals surface area contributed by atoms with Crippen LogP contribution in [0.3, 0.4) is 0 Å². The molecule has 31 heavy (non-hydrogen) atoms. The fraction of sp³-hybridized carbons (Fsp3) is 0.304. The lowest BCUT2D eigenvalue weighted by molar-refractivity contribution is 0.271. The zero-order valence-electron chi connectivity index (χ0n) is 17.9. The summed E-state index contributed by atoms with van der Waals surface area (Å²) in [7, 11) is 0. The van der Waals surface area contributed by atoms with Gasteiger partial charge in [0.1, 0.15) is 0 Å². The van der Waals surface area contributed by atoms with Gasteiger partial charge in [0.15, 0.2) is 17.0 Å². The first-order chi connectivity index (χ1) is 15.1. The molecule has 3 N–H and O–H groups in total. The molecule has 0 unspecified atom stereocenters. The van der Waals surface area contributed by atoms with Crippen molar-refractivity contribution < 1.29 is 5.11 Å². The van der Waals surface area contributed by atoms with Crippen LogP contribution in [0.5, 0.6) is 0 Å². The summed E-state index contributed by atoms with van der Waals surface area (Å²) in [6.45, 7) is 6.19. The van der Waals surface area contributed by atoms with Crippen LogP contribution in [0.15, 0.2) is 55.1 Å². The molecule has 0 spiro atoms. The van der Waals surface area contributed by atoms with E-state index in [0.29, 0.717) is 17.3 Å². The Morgan fingerprint density at radius 3 is 2.65 bits per heavy atom. The third-order valence-electron chi connectivity index (χ3n) is 5.14. The molecule has 0 bridgehead atoms. The average molecular weight is 418 g/mol. The number of benzene rings is 1. The maximum absolute atomic E-state index is 9.59. The molecule has 1 aromatic carbocycles. The third kappa shape index (κ3) is 4.49. The second-order valence-electron chi connectivity index (χ2n) is 7.69. The predicted octanol–water partition coefficient (Wildman–Crippen LogP) is 4.40. The Labute approximate surface area is 181 Å². The quantitative estimate of drug-likeness (QED) is 0.391. The molecule has 0 saturated carbocycles. The molecule has 0 aliphatic heterocycles. The molecular formula is C23H27N7O. The first-order valence-electron chi connectivity index (χ1n) is 10.5. The molecule has 3 heterocycles. The largest absolute Gasteiger partial charge is 0.394 e. The van der Waals surface area contributed by atoms with Crippen LogP contribution in [0.4, 0.5) is 17.5 Å². The zero-order valence-corrected chi connectivity index (χ0v) is 17.9. The van der Waals surface area contributed by atoms with E-state index in [4.69, 9.17) is 0 Å². The minimum atomic E-state index is -0.116. The van der Waals surface area contributed by atoms with Crippen molar-refractivity contribution in [1.82, 2.24) is 24.5 Å². The highest BCUT2D eigenvalue weighted by molar-refractivity contribution is 5.87. The van der Waals surface area contributed by atoms with Gasteiger partial charge in [-0.3, -0.25) is 4.98 Å². The maximum Gasteiger partial charge on any atom is 0.227 e. The van der Waals surface area contributed by atoms with Crippen LogP contribution in [-0.4, -0.2) is 42.3 Å². The van der Waals surface area contributed by atoms with Gasteiger partial charge in [0, 0.05) is 29.7 Å². The van der Waals surface area contributed by atoms with Crippen molar-refractivity contribution in [2.75, 3.05) is 17.2 Å². The number of anilines is 3. The summed E-state index contributed by atoms with van der Waals surface area (Å²) in [6, 6.07) is 12.1. The molecule has 0 saturated heterocycles. The first-order valence-corrected chi connectivity index (χ1v) is 10.5. The highest BCUT2D eigenvalue weighted by Crippen LogP contribution is 2.28. The van der Waals surface area contributed by atoms with Gasteiger partial charge in [0.25, 0.3) is 0 Å². The molecular weight excluding hydrogens is 390 g/mol. The van der Waals surface area contributed by atoms with Gasteiger partial charge >= 0.3 is 0 Å². The molecule has 4 aromatic rings. The number of nitrogens with zero attached hydrogens (tertiary/aromatic N) is 5. The monoisotopic (exact) mass is 417 g/mol. The van der Waals surface area contributed by atoms with Crippen molar-refractivity contribution >= 4 is 28.6 Å². The second kappa shape index (κ2) is 9.09. The Kier molecular flexibility index (Phi) is 6.08. The number of aromatic nitrogens is 5. The maximum atomic E-state index is 9.59. The smallest absolute Gasteiger partial charge is 0.227 e. The van der Waals surface area contributed by atoms with Gasteiger partial charge in [0.2, 0.25) is 5.95 Å². The number of aliphatic hydroxyl groups is 1. The van der Waals surface area contributed by atoms with E-state index < -0.39 is 0 Å². The number of aliphatic hydroxyl groups excluding tert-OH is 1. The number of rotatable bonds is 8. The number of pyridine rings is 1. The molecule has 0 aliphatic carbocycles. The molecule has 1 atom stereocenters. The zero-order chi connectivity index (χ0) is 21.8. The van der Waals surface area contributed by atoms with E-state index in [-0.39, 0.29) is 18.7 Å². The van der Waals surface area contributed by atoms with Crippen LogP contribution < -0.4 is 10.6 Å². The fourth-order valence-electron chi connectivity index (χ4n) is 3.35. The summed E-state index contributed by atoms with van der Waals surface area (Å²) in [5.41, 5.74) is 4.43. The second-order valence-corrected chi connectivity index (χ2v) is 7.69. The van der Waals surface area contributed by atoms with Crippen molar-refractivity contribution in [1.29, 1.82) is 0 Å². The Hall–Kier alpha value is -3.52. The van der Waals surface area contributed by atoms with Crippen LogP contribution in [-0.2, 0) is 0 Å². The standard InChI is InChI=1S/C23H27N7O/c1-4-18(13-31)27-23-28-21(20-22(29-23)30(14-25-20)15(2)3)26-19-9-5-7-16(11-19)17-8-6-10-24-12-17/h5-12,14-15,18,31H,4,13H2,1-3H3,(H2,26,27,28,29)/t18-/m1/s1. The van der Waals surface area contributed by atoms with Crippen molar-refractivity contribution in [3.8, 4) is 11.1 Å². The lowest BCUT2D eigenvalue weighted by Gasteiger charge is -2.16. The van der Waals surface area contributed by atoms with E-state index in [9.17, 15) is 5.11 Å². The molecule has 0 amide bonds. The Morgan fingerprint density at radius 1 is 1.10 bits per heavy atom. The minimum Gasteiger partial charge on any atom is -0.394 e. The summed E-state index contributed by atoms with van der Waals surface area (Å²) in [5.74, 6) is 1.07. The lowest BCUT2D eigenvalue weighted by atomic mass is 10.1. The van der Waals surface area contributed by atoms with E-state index in [1.54, 1.807) is 12.5 Å². The topological polar surface area (TPSA) is 101 Å². The Morgan fingerprint density at radius 2 is 1.94 bits per heavy atom. The van der Waals surface area contributed by atoms with Crippen molar-refractivity contribution in [2.45, 2.75) is 39.3 Å². The third-order valence-corrected chi connectivity index (χ3v) is 5.14. The van der Waals surface area contributed by atoms with Gasteiger partial charge in [-0.2, -0.15) is 9.97 Å². The first kappa shape index (κ1) is 20.7. The predicted molar refractivity (Wildman–Crippen MR) is 123 cm³/mol. The van der Waals surface area contributed by atoms with E-state index in [0.717, 1.165) is 28.9 Å². The van der Waals surface area contributed by atoms with E-state index in [1.165, 1.54) is 0 Å². The summed E-state index contributed by atoms with van der Waals surface area (Å²) in [6.07, 6.45) is 6.15. The summed E-state index contributed by atoms with van der Waals surface area (Å²) in [5, 5.41) is 16.2. The molecule has 4 rings (SSSR count). The van der Waals surface area contributed by atoms with Gasteiger partial charge in [-0.15, -0.1) is 0 Å². The summed E-state index contributed by atoms with van der Waals surface area (Å²) < 4.78 is 2.01. The summed E-state index contributed by atoms with van der Waals surface area (Å²) in [4.78, 5) is 18.1. The molecule has 0 fully saturated rings. The van der Waals surface area contributed by atoms with Gasteiger partial charge < -0.3 is 20.3 Å². The number of hydrogen-bond acceptors (Lipinski definition) is 7. The Balaban J connectivity index is 1.74. The van der Waals surface area contributed by atoms with Crippen molar-refractivity contribution in [3.63, 3.8) is 0 Å². The van der Waals surface area contributed by atoms with E-state index in [2.05, 4.69) is 50.5 Å². The highest BCUT2D eigenvalue weighted by Gasteiger charge is 2.17. The van der Waals surface area contributed by atoms with Crippen molar-refractivity contribution in [2.24, 2.45) is 0 Å². The number of hydrogen-bond donors (Lipinski definition) is 3. The van der Waals surface area contributed by atoms with Crippen molar-refractivity contribution in [3.05, 3.63) is 55.1 Å². The molecule has 0 radical (unpaired) electrons. The van der Waals surface area contributed by atoms with Crippen LogP contribution in [0.1, 0.15) is 33.2 Å². The van der Waals surface area contributed by atoms with Gasteiger partial charge in [0.05, 0.1) is 19.0 Å². The average Bonchev–Trinajstić information content (AvgIpc) is 3.23. The van der Waals surface area contributed by atoms with Crippen LogP contribution in [0, 0.1) is 0 Å².